The minimum absolute atomic E-state index is 0.200. The van der Waals surface area contributed by atoms with Crippen LogP contribution in [0.3, 0.4) is 0 Å². The van der Waals surface area contributed by atoms with Gasteiger partial charge in [-0.15, -0.1) is 0 Å². The average Bonchev–Trinajstić information content (AvgIpc) is 2.40. The van der Waals surface area contributed by atoms with E-state index >= 15 is 0 Å². The standard InChI is InChI=1S/C15H22FNO4/c1-11(2)21-15(18)10-20-14-7-12(6-13(16)8-14)9-17-4-5-19-3/h6-8,11,17H,4-5,9-10H2,1-3H3. The molecule has 0 aliphatic carbocycles. The Bertz CT molecular complexity index is 451. The van der Waals surface area contributed by atoms with Crippen LogP contribution < -0.4 is 10.1 Å². The van der Waals surface area contributed by atoms with Crippen LogP contribution in [0.15, 0.2) is 18.2 Å². The summed E-state index contributed by atoms with van der Waals surface area (Å²) in [4.78, 5) is 11.4. The summed E-state index contributed by atoms with van der Waals surface area (Å²) in [6.45, 7) is 5.02. The Morgan fingerprint density at radius 1 is 1.33 bits per heavy atom. The number of halogens is 1. The molecule has 0 spiro atoms. The smallest absolute Gasteiger partial charge is 0.344 e. The first kappa shape index (κ1) is 17.4. The molecule has 1 rings (SSSR count). The van der Waals surface area contributed by atoms with Crippen molar-refractivity contribution >= 4 is 5.97 Å². The molecule has 0 aliphatic heterocycles. The number of carbonyl (C=O) groups is 1. The van der Waals surface area contributed by atoms with Crippen molar-refractivity contribution in [2.75, 3.05) is 26.9 Å². The van der Waals surface area contributed by atoms with E-state index in [9.17, 15) is 9.18 Å². The third-order valence-corrected chi connectivity index (χ3v) is 2.47. The highest BCUT2D eigenvalue weighted by Gasteiger charge is 2.08. The molecule has 0 heterocycles. The monoisotopic (exact) mass is 299 g/mol. The van der Waals surface area contributed by atoms with Gasteiger partial charge in [-0.2, -0.15) is 0 Å². The van der Waals surface area contributed by atoms with Crippen molar-refractivity contribution in [1.29, 1.82) is 0 Å². The van der Waals surface area contributed by atoms with Gasteiger partial charge in [0.25, 0.3) is 0 Å². The molecule has 118 valence electrons. The molecule has 1 aromatic carbocycles. The Balaban J connectivity index is 2.50. The van der Waals surface area contributed by atoms with Gasteiger partial charge in [-0.05, 0) is 31.5 Å². The zero-order chi connectivity index (χ0) is 15.7. The number of rotatable bonds is 9. The van der Waals surface area contributed by atoms with Crippen LogP contribution in [-0.2, 0) is 20.8 Å². The second-order valence-corrected chi connectivity index (χ2v) is 4.79. The van der Waals surface area contributed by atoms with Crippen molar-refractivity contribution in [3.63, 3.8) is 0 Å². The van der Waals surface area contributed by atoms with E-state index in [1.807, 2.05) is 0 Å². The van der Waals surface area contributed by atoms with Gasteiger partial charge in [-0.25, -0.2) is 9.18 Å². The summed E-state index contributed by atoms with van der Waals surface area (Å²) >= 11 is 0. The molecule has 0 bridgehead atoms. The fourth-order valence-corrected chi connectivity index (χ4v) is 1.65. The number of hydrogen-bond acceptors (Lipinski definition) is 5. The normalized spacial score (nSPS) is 10.7. The lowest BCUT2D eigenvalue weighted by Crippen LogP contribution is -2.19. The SMILES string of the molecule is COCCNCc1cc(F)cc(OCC(=O)OC(C)C)c1. The molecule has 5 nitrogen and oxygen atoms in total. The number of benzene rings is 1. The van der Waals surface area contributed by atoms with Crippen molar-refractivity contribution in [1.82, 2.24) is 5.32 Å². The molecular weight excluding hydrogens is 277 g/mol. The van der Waals surface area contributed by atoms with Gasteiger partial charge in [0.2, 0.25) is 0 Å². The van der Waals surface area contributed by atoms with Crippen molar-refractivity contribution in [3.05, 3.63) is 29.6 Å². The quantitative estimate of drug-likeness (QED) is 0.557. The molecule has 1 aromatic rings. The fraction of sp³-hybridized carbons (Fsp3) is 0.533. The minimum atomic E-state index is -0.478. The highest BCUT2D eigenvalue weighted by atomic mass is 19.1. The molecular formula is C15H22FNO4. The van der Waals surface area contributed by atoms with Crippen molar-refractivity contribution in [2.45, 2.75) is 26.5 Å². The second kappa shape index (κ2) is 9.31. The van der Waals surface area contributed by atoms with Gasteiger partial charge in [0.1, 0.15) is 11.6 Å². The summed E-state index contributed by atoms with van der Waals surface area (Å²) in [6, 6.07) is 4.34. The van der Waals surface area contributed by atoms with E-state index in [4.69, 9.17) is 14.2 Å². The van der Waals surface area contributed by atoms with Gasteiger partial charge >= 0.3 is 5.97 Å². The van der Waals surface area contributed by atoms with Crippen LogP contribution in [-0.4, -0.2) is 38.9 Å². The Morgan fingerprint density at radius 3 is 2.76 bits per heavy atom. The molecule has 0 saturated heterocycles. The van der Waals surface area contributed by atoms with E-state index in [0.717, 1.165) is 5.56 Å². The molecule has 0 atom stereocenters. The maximum atomic E-state index is 13.5. The van der Waals surface area contributed by atoms with Gasteiger partial charge in [0.15, 0.2) is 6.61 Å². The number of esters is 1. The summed E-state index contributed by atoms with van der Waals surface area (Å²) in [6.07, 6.45) is -0.200. The van der Waals surface area contributed by atoms with Gasteiger partial charge in [0, 0.05) is 26.3 Å². The lowest BCUT2D eigenvalue weighted by atomic mass is 10.2. The number of hydrogen-bond donors (Lipinski definition) is 1. The molecule has 0 fully saturated rings. The van der Waals surface area contributed by atoms with Crippen LogP contribution in [0.2, 0.25) is 0 Å². The van der Waals surface area contributed by atoms with Crippen LogP contribution in [0, 0.1) is 5.82 Å². The van der Waals surface area contributed by atoms with Crippen molar-refractivity contribution in [3.8, 4) is 5.75 Å². The van der Waals surface area contributed by atoms with Crippen LogP contribution in [0.25, 0.3) is 0 Å². The Morgan fingerprint density at radius 2 is 2.10 bits per heavy atom. The van der Waals surface area contributed by atoms with E-state index < -0.39 is 11.8 Å². The maximum absolute atomic E-state index is 13.5. The third-order valence-electron chi connectivity index (χ3n) is 2.47. The summed E-state index contributed by atoms with van der Waals surface area (Å²) in [7, 11) is 1.62. The van der Waals surface area contributed by atoms with Crippen LogP contribution in [0.1, 0.15) is 19.4 Å². The first-order valence-electron chi connectivity index (χ1n) is 6.82. The van der Waals surface area contributed by atoms with E-state index in [0.29, 0.717) is 25.4 Å². The number of nitrogens with one attached hydrogen (secondary N) is 1. The lowest BCUT2D eigenvalue weighted by Gasteiger charge is -2.11. The number of methoxy groups -OCH3 is 1. The average molecular weight is 299 g/mol. The van der Waals surface area contributed by atoms with Gasteiger partial charge in [-0.3, -0.25) is 0 Å². The van der Waals surface area contributed by atoms with Crippen LogP contribution >= 0.6 is 0 Å². The Labute approximate surface area is 124 Å². The van der Waals surface area contributed by atoms with Gasteiger partial charge in [-0.1, -0.05) is 0 Å². The molecule has 6 heteroatoms. The summed E-state index contributed by atoms with van der Waals surface area (Å²) in [5.74, 6) is -0.582. The number of carbonyl (C=O) groups excluding carboxylic acids is 1. The van der Waals surface area contributed by atoms with E-state index in [-0.39, 0.29) is 12.7 Å². The fourth-order valence-electron chi connectivity index (χ4n) is 1.65. The zero-order valence-electron chi connectivity index (χ0n) is 12.6. The summed E-state index contributed by atoms with van der Waals surface area (Å²) in [5.41, 5.74) is 0.735. The number of ether oxygens (including phenoxy) is 3. The minimum Gasteiger partial charge on any atom is -0.482 e. The highest BCUT2D eigenvalue weighted by Crippen LogP contribution is 2.16. The largest absolute Gasteiger partial charge is 0.482 e. The molecule has 0 radical (unpaired) electrons. The molecule has 0 amide bonds. The van der Waals surface area contributed by atoms with Gasteiger partial charge < -0.3 is 19.5 Å². The Kier molecular flexibility index (Phi) is 7.71. The predicted octanol–water partition coefficient (Wildman–Crippen LogP) is 1.89. The van der Waals surface area contributed by atoms with Crippen LogP contribution in [0.4, 0.5) is 4.39 Å². The lowest BCUT2D eigenvalue weighted by molar-refractivity contribution is -0.149. The molecule has 0 aromatic heterocycles. The van der Waals surface area contributed by atoms with Crippen molar-refractivity contribution in [2.24, 2.45) is 0 Å². The first-order valence-corrected chi connectivity index (χ1v) is 6.82. The first-order chi connectivity index (χ1) is 10.0. The zero-order valence-corrected chi connectivity index (χ0v) is 12.6. The van der Waals surface area contributed by atoms with E-state index in [2.05, 4.69) is 5.32 Å². The second-order valence-electron chi connectivity index (χ2n) is 4.79. The van der Waals surface area contributed by atoms with Gasteiger partial charge in [0.05, 0.1) is 12.7 Å². The maximum Gasteiger partial charge on any atom is 0.344 e. The molecule has 0 saturated carbocycles. The van der Waals surface area contributed by atoms with Crippen molar-refractivity contribution < 1.29 is 23.4 Å². The predicted molar refractivity (Wildman–Crippen MR) is 76.7 cm³/mol. The van der Waals surface area contributed by atoms with E-state index in [1.54, 1.807) is 27.0 Å². The molecule has 0 unspecified atom stereocenters. The highest BCUT2D eigenvalue weighted by molar-refractivity contribution is 5.71. The summed E-state index contributed by atoms with van der Waals surface area (Å²) in [5, 5.41) is 3.11. The van der Waals surface area contributed by atoms with E-state index in [1.165, 1.54) is 12.1 Å². The Hall–Kier alpha value is -1.66. The topological polar surface area (TPSA) is 56.8 Å². The molecule has 0 aliphatic rings. The van der Waals surface area contributed by atoms with Crippen LogP contribution in [0.5, 0.6) is 5.75 Å². The molecule has 1 N–H and O–H groups in total. The third kappa shape index (κ3) is 7.63. The molecule has 21 heavy (non-hydrogen) atoms. The summed E-state index contributed by atoms with van der Waals surface area (Å²) < 4.78 is 28.6.